The highest BCUT2D eigenvalue weighted by atomic mass is 16.5. The third kappa shape index (κ3) is 3.50. The Morgan fingerprint density at radius 3 is 2.85 bits per heavy atom. The second-order valence-electron chi connectivity index (χ2n) is 5.26. The second-order valence-corrected chi connectivity index (χ2v) is 5.26. The van der Waals surface area contributed by atoms with E-state index < -0.39 is 0 Å². The van der Waals surface area contributed by atoms with Gasteiger partial charge in [0.25, 0.3) is 0 Å². The van der Waals surface area contributed by atoms with E-state index in [9.17, 15) is 0 Å². The average Bonchev–Trinajstić information content (AvgIpc) is 2.76. The van der Waals surface area contributed by atoms with Crippen molar-refractivity contribution in [3.05, 3.63) is 35.5 Å². The molecule has 0 bridgehead atoms. The molecular weight excluding hydrogens is 252 g/mol. The summed E-state index contributed by atoms with van der Waals surface area (Å²) in [7, 11) is 0. The topological polar surface area (TPSA) is 66.0 Å². The summed E-state index contributed by atoms with van der Waals surface area (Å²) in [5.74, 6) is 1.76. The first-order valence-corrected chi connectivity index (χ1v) is 6.96. The molecule has 0 aliphatic carbocycles. The van der Waals surface area contributed by atoms with Gasteiger partial charge in [-0.15, -0.1) is 5.10 Å². The van der Waals surface area contributed by atoms with Gasteiger partial charge in [0, 0.05) is 13.0 Å². The highest BCUT2D eigenvalue weighted by Crippen LogP contribution is 2.19. The van der Waals surface area contributed by atoms with Gasteiger partial charge < -0.3 is 10.5 Å². The Kier molecular flexibility index (Phi) is 4.61. The first-order chi connectivity index (χ1) is 9.58. The smallest absolute Gasteiger partial charge is 0.169 e. The first-order valence-electron chi connectivity index (χ1n) is 6.96. The van der Waals surface area contributed by atoms with Crippen LogP contribution >= 0.6 is 0 Å². The number of hydrogen-bond donors (Lipinski definition) is 1. The summed E-state index contributed by atoms with van der Waals surface area (Å²) < 4.78 is 7.60. The van der Waals surface area contributed by atoms with Crippen molar-refractivity contribution in [2.24, 2.45) is 0 Å². The monoisotopic (exact) mass is 274 g/mol. The van der Waals surface area contributed by atoms with Crippen LogP contribution in [-0.4, -0.2) is 21.6 Å². The third-order valence-electron chi connectivity index (χ3n) is 3.12. The maximum Gasteiger partial charge on any atom is 0.169 e. The van der Waals surface area contributed by atoms with E-state index in [1.54, 1.807) is 0 Å². The minimum Gasteiger partial charge on any atom is -0.494 e. The Hall–Kier alpha value is -2.04. The van der Waals surface area contributed by atoms with Gasteiger partial charge in [0.1, 0.15) is 5.75 Å². The number of nitrogen functional groups attached to an aromatic ring is 1. The highest BCUT2D eigenvalue weighted by molar-refractivity contribution is 5.35. The van der Waals surface area contributed by atoms with Gasteiger partial charge in [-0.05, 0) is 30.5 Å². The predicted octanol–water partition coefficient (Wildman–Crippen LogP) is 2.76. The van der Waals surface area contributed by atoms with Crippen LogP contribution in [0.1, 0.15) is 37.4 Å². The number of nitrogens with zero attached hydrogens (tertiary/aromatic N) is 3. The summed E-state index contributed by atoms with van der Waals surface area (Å²) in [6, 6.07) is 8.06. The van der Waals surface area contributed by atoms with Crippen LogP contribution in [0.2, 0.25) is 0 Å². The van der Waals surface area contributed by atoms with Crippen molar-refractivity contribution in [3.8, 4) is 5.75 Å². The van der Waals surface area contributed by atoms with Crippen molar-refractivity contribution in [3.63, 3.8) is 0 Å². The quantitative estimate of drug-likeness (QED) is 0.823. The third-order valence-corrected chi connectivity index (χ3v) is 3.12. The van der Waals surface area contributed by atoms with E-state index in [1.165, 1.54) is 5.56 Å². The molecule has 1 aromatic carbocycles. The van der Waals surface area contributed by atoms with Crippen LogP contribution in [-0.2, 0) is 6.54 Å². The molecule has 0 saturated heterocycles. The fourth-order valence-electron chi connectivity index (χ4n) is 2.20. The van der Waals surface area contributed by atoms with Gasteiger partial charge in [0.05, 0.1) is 12.3 Å². The second kappa shape index (κ2) is 6.41. The van der Waals surface area contributed by atoms with E-state index >= 15 is 0 Å². The number of anilines is 1. The number of aromatic nitrogens is 3. The van der Waals surface area contributed by atoms with Crippen LogP contribution in [0.3, 0.4) is 0 Å². The zero-order valence-corrected chi connectivity index (χ0v) is 12.3. The van der Waals surface area contributed by atoms with Gasteiger partial charge in [0.2, 0.25) is 0 Å². The molecule has 108 valence electrons. The van der Waals surface area contributed by atoms with Crippen molar-refractivity contribution >= 4 is 5.82 Å². The number of hydrogen-bond acceptors (Lipinski definition) is 4. The Bertz CT molecular complexity index is 563. The average molecular weight is 274 g/mol. The number of aryl methyl sites for hydroxylation is 2. The van der Waals surface area contributed by atoms with Crippen molar-refractivity contribution in [2.75, 3.05) is 12.3 Å². The number of ether oxygens (including phenoxy) is 1. The van der Waals surface area contributed by atoms with Crippen LogP contribution in [0, 0.1) is 6.92 Å². The molecule has 0 fully saturated rings. The fourth-order valence-corrected chi connectivity index (χ4v) is 2.20. The summed E-state index contributed by atoms with van der Waals surface area (Å²) in [5.41, 5.74) is 8.03. The zero-order chi connectivity index (χ0) is 14.5. The molecule has 2 N–H and O–H groups in total. The summed E-state index contributed by atoms with van der Waals surface area (Å²) in [4.78, 5) is 0. The van der Waals surface area contributed by atoms with E-state index in [0.29, 0.717) is 18.3 Å². The van der Waals surface area contributed by atoms with Crippen LogP contribution in [0.25, 0.3) is 0 Å². The molecule has 0 aliphatic heterocycles. The number of benzene rings is 1. The van der Waals surface area contributed by atoms with Crippen LogP contribution in [0.15, 0.2) is 24.3 Å². The lowest BCUT2D eigenvalue weighted by Gasteiger charge is -2.10. The molecule has 0 aliphatic rings. The van der Waals surface area contributed by atoms with Gasteiger partial charge in [-0.1, -0.05) is 31.2 Å². The van der Waals surface area contributed by atoms with Gasteiger partial charge in [-0.25, -0.2) is 4.68 Å². The van der Waals surface area contributed by atoms with Gasteiger partial charge >= 0.3 is 0 Å². The fraction of sp³-hybridized carbons (Fsp3) is 0.467. The van der Waals surface area contributed by atoms with Gasteiger partial charge in [-0.2, -0.15) is 0 Å². The van der Waals surface area contributed by atoms with E-state index in [-0.39, 0.29) is 0 Å². The molecule has 0 radical (unpaired) electrons. The van der Waals surface area contributed by atoms with E-state index in [4.69, 9.17) is 10.5 Å². The van der Waals surface area contributed by atoms with E-state index in [0.717, 1.165) is 24.4 Å². The molecule has 0 amide bonds. The molecule has 20 heavy (non-hydrogen) atoms. The molecule has 0 saturated carbocycles. The lowest BCUT2D eigenvalue weighted by Crippen LogP contribution is -2.10. The summed E-state index contributed by atoms with van der Waals surface area (Å²) in [6.45, 7) is 7.66. The Morgan fingerprint density at radius 2 is 2.15 bits per heavy atom. The van der Waals surface area contributed by atoms with Gasteiger partial charge in [-0.3, -0.25) is 0 Å². The summed E-state index contributed by atoms with van der Waals surface area (Å²) >= 11 is 0. The van der Waals surface area contributed by atoms with Crippen LogP contribution < -0.4 is 10.5 Å². The lowest BCUT2D eigenvalue weighted by atomic mass is 10.1. The molecule has 2 aromatic rings. The molecule has 0 spiro atoms. The number of rotatable bonds is 6. The van der Waals surface area contributed by atoms with Crippen LogP contribution in [0.5, 0.6) is 5.75 Å². The molecule has 1 aromatic heterocycles. The van der Waals surface area contributed by atoms with Crippen molar-refractivity contribution in [1.82, 2.24) is 15.0 Å². The largest absolute Gasteiger partial charge is 0.494 e. The standard InChI is InChI=1S/C15H22N4O/c1-11(2)14-15(16)17-18-19(14)8-5-9-20-13-7-4-6-12(3)10-13/h4,6-7,10-11H,5,8-9,16H2,1-3H3. The minimum atomic E-state index is 0.322. The molecule has 5 nitrogen and oxygen atoms in total. The Morgan fingerprint density at radius 1 is 1.35 bits per heavy atom. The van der Waals surface area contributed by atoms with Crippen LogP contribution in [0.4, 0.5) is 5.82 Å². The van der Waals surface area contributed by atoms with Crippen molar-refractivity contribution in [1.29, 1.82) is 0 Å². The Labute approximate surface area is 119 Å². The Balaban J connectivity index is 1.85. The molecule has 0 atom stereocenters. The summed E-state index contributed by atoms with van der Waals surface area (Å²) in [6.07, 6.45) is 0.871. The molecule has 0 unspecified atom stereocenters. The van der Waals surface area contributed by atoms with E-state index in [1.807, 2.05) is 22.9 Å². The number of nitrogens with two attached hydrogens (primary N) is 1. The maximum atomic E-state index is 5.83. The zero-order valence-electron chi connectivity index (χ0n) is 12.3. The normalized spacial score (nSPS) is 11.0. The SMILES string of the molecule is Cc1cccc(OCCCn2nnc(N)c2C(C)C)c1. The predicted molar refractivity (Wildman–Crippen MR) is 79.8 cm³/mol. The minimum absolute atomic E-state index is 0.322. The molecule has 5 heteroatoms. The molecule has 1 heterocycles. The first kappa shape index (κ1) is 14.4. The van der Waals surface area contributed by atoms with Gasteiger partial charge in [0.15, 0.2) is 5.82 Å². The highest BCUT2D eigenvalue weighted by Gasteiger charge is 2.13. The summed E-state index contributed by atoms with van der Waals surface area (Å²) in [5, 5.41) is 8.02. The van der Waals surface area contributed by atoms with Crippen molar-refractivity contribution in [2.45, 2.75) is 39.7 Å². The van der Waals surface area contributed by atoms with E-state index in [2.05, 4.69) is 37.1 Å². The van der Waals surface area contributed by atoms with Crippen molar-refractivity contribution < 1.29 is 4.74 Å². The lowest BCUT2D eigenvalue weighted by molar-refractivity contribution is 0.296. The molecular formula is C15H22N4O. The maximum absolute atomic E-state index is 5.83. The molecule has 2 rings (SSSR count).